The predicted octanol–water partition coefficient (Wildman–Crippen LogP) is 3.76. The van der Waals surface area contributed by atoms with Gasteiger partial charge in [0, 0.05) is 5.56 Å². The lowest BCUT2D eigenvalue weighted by Gasteiger charge is -2.08. The quantitative estimate of drug-likeness (QED) is 0.668. The van der Waals surface area contributed by atoms with Gasteiger partial charge in [0.2, 0.25) is 0 Å². The van der Waals surface area contributed by atoms with Crippen LogP contribution in [0.15, 0.2) is 67.1 Å². The SMILES string of the molecule is C#CCn1cncc1-c1ccc(OCc2ccccc2)cc1. The van der Waals surface area contributed by atoms with Crippen molar-refractivity contribution in [3.8, 4) is 29.4 Å². The molecule has 0 aliphatic rings. The van der Waals surface area contributed by atoms with Gasteiger partial charge in [0.1, 0.15) is 12.4 Å². The van der Waals surface area contributed by atoms with E-state index >= 15 is 0 Å². The first-order valence-corrected chi connectivity index (χ1v) is 7.07. The zero-order valence-corrected chi connectivity index (χ0v) is 12.1. The highest BCUT2D eigenvalue weighted by Crippen LogP contribution is 2.22. The molecule has 22 heavy (non-hydrogen) atoms. The van der Waals surface area contributed by atoms with Crippen LogP contribution in [-0.2, 0) is 13.2 Å². The summed E-state index contributed by atoms with van der Waals surface area (Å²) in [6.45, 7) is 1.08. The van der Waals surface area contributed by atoms with E-state index in [2.05, 4.69) is 10.9 Å². The number of terminal acetylenes is 1. The van der Waals surface area contributed by atoms with Crippen molar-refractivity contribution in [1.82, 2.24) is 9.55 Å². The van der Waals surface area contributed by atoms with E-state index in [0.717, 1.165) is 22.6 Å². The molecule has 0 N–H and O–H groups in total. The van der Waals surface area contributed by atoms with Crippen LogP contribution in [0.5, 0.6) is 5.75 Å². The molecule has 1 heterocycles. The number of rotatable bonds is 5. The average molecular weight is 288 g/mol. The van der Waals surface area contributed by atoms with Gasteiger partial charge in [-0.15, -0.1) is 6.42 Å². The van der Waals surface area contributed by atoms with Gasteiger partial charge < -0.3 is 9.30 Å². The molecule has 0 fully saturated rings. The number of hydrogen-bond acceptors (Lipinski definition) is 2. The molecular formula is C19H16N2O. The lowest BCUT2D eigenvalue weighted by Crippen LogP contribution is -1.97. The highest BCUT2D eigenvalue weighted by Gasteiger charge is 2.04. The van der Waals surface area contributed by atoms with Crippen LogP contribution in [-0.4, -0.2) is 9.55 Å². The number of nitrogens with zero attached hydrogens (tertiary/aromatic N) is 2. The number of benzene rings is 2. The molecule has 1 aromatic heterocycles. The topological polar surface area (TPSA) is 27.1 Å². The van der Waals surface area contributed by atoms with Crippen molar-refractivity contribution in [3.63, 3.8) is 0 Å². The van der Waals surface area contributed by atoms with E-state index < -0.39 is 0 Å². The molecule has 3 nitrogen and oxygen atoms in total. The molecule has 0 aliphatic heterocycles. The van der Waals surface area contributed by atoms with Crippen molar-refractivity contribution in [2.24, 2.45) is 0 Å². The molecule has 0 saturated heterocycles. The summed E-state index contributed by atoms with van der Waals surface area (Å²) in [6, 6.07) is 18.1. The Balaban J connectivity index is 1.70. The summed E-state index contributed by atoms with van der Waals surface area (Å²) in [5, 5.41) is 0. The van der Waals surface area contributed by atoms with Gasteiger partial charge in [0.15, 0.2) is 0 Å². The van der Waals surface area contributed by atoms with Crippen LogP contribution in [0, 0.1) is 12.3 Å². The maximum Gasteiger partial charge on any atom is 0.119 e. The Morgan fingerprint density at radius 3 is 2.55 bits per heavy atom. The fraction of sp³-hybridized carbons (Fsp3) is 0.105. The molecule has 3 aromatic rings. The van der Waals surface area contributed by atoms with Gasteiger partial charge in [-0.2, -0.15) is 0 Å². The lowest BCUT2D eigenvalue weighted by molar-refractivity contribution is 0.306. The van der Waals surface area contributed by atoms with Crippen LogP contribution < -0.4 is 4.74 Å². The maximum absolute atomic E-state index is 5.79. The molecule has 2 aromatic carbocycles. The van der Waals surface area contributed by atoms with Crippen LogP contribution in [0.3, 0.4) is 0 Å². The molecular weight excluding hydrogens is 272 g/mol. The first kappa shape index (κ1) is 14.0. The van der Waals surface area contributed by atoms with Gasteiger partial charge in [-0.3, -0.25) is 0 Å². The molecule has 3 heteroatoms. The Hall–Kier alpha value is -2.99. The predicted molar refractivity (Wildman–Crippen MR) is 87.3 cm³/mol. The van der Waals surface area contributed by atoms with E-state index in [9.17, 15) is 0 Å². The van der Waals surface area contributed by atoms with E-state index in [-0.39, 0.29) is 0 Å². The monoisotopic (exact) mass is 288 g/mol. The Kier molecular flexibility index (Phi) is 4.22. The standard InChI is InChI=1S/C19H16N2O/c1-2-12-21-15-20-13-19(21)17-8-10-18(11-9-17)22-14-16-6-4-3-5-7-16/h1,3-11,13,15H,12,14H2. The molecule has 0 saturated carbocycles. The second kappa shape index (κ2) is 6.64. The highest BCUT2D eigenvalue weighted by atomic mass is 16.5. The van der Waals surface area contributed by atoms with E-state index in [4.69, 9.17) is 11.2 Å². The van der Waals surface area contributed by atoms with Gasteiger partial charge >= 0.3 is 0 Å². The third-order valence-corrected chi connectivity index (χ3v) is 3.37. The molecule has 0 spiro atoms. The molecule has 0 aliphatic carbocycles. The Morgan fingerprint density at radius 2 is 1.82 bits per heavy atom. The second-order valence-electron chi connectivity index (χ2n) is 4.91. The van der Waals surface area contributed by atoms with Crippen molar-refractivity contribution in [2.45, 2.75) is 13.2 Å². The van der Waals surface area contributed by atoms with Gasteiger partial charge in [0.25, 0.3) is 0 Å². The van der Waals surface area contributed by atoms with Crippen LogP contribution in [0.2, 0.25) is 0 Å². The fourth-order valence-corrected chi connectivity index (χ4v) is 2.25. The molecule has 0 radical (unpaired) electrons. The van der Waals surface area contributed by atoms with Crippen LogP contribution in [0.1, 0.15) is 5.56 Å². The van der Waals surface area contributed by atoms with Crippen molar-refractivity contribution in [3.05, 3.63) is 72.7 Å². The minimum atomic E-state index is 0.515. The van der Waals surface area contributed by atoms with Crippen molar-refractivity contribution in [1.29, 1.82) is 0 Å². The summed E-state index contributed by atoms with van der Waals surface area (Å²) in [7, 11) is 0. The third-order valence-electron chi connectivity index (χ3n) is 3.37. The molecule has 0 bridgehead atoms. The molecule has 0 unspecified atom stereocenters. The summed E-state index contributed by atoms with van der Waals surface area (Å²) in [6.07, 6.45) is 8.93. The van der Waals surface area contributed by atoms with Gasteiger partial charge in [0.05, 0.1) is 24.8 Å². The summed E-state index contributed by atoms with van der Waals surface area (Å²) < 4.78 is 7.73. The van der Waals surface area contributed by atoms with Crippen molar-refractivity contribution < 1.29 is 4.74 Å². The van der Waals surface area contributed by atoms with E-state index in [0.29, 0.717) is 13.2 Å². The lowest BCUT2D eigenvalue weighted by atomic mass is 10.1. The average Bonchev–Trinajstić information content (AvgIpc) is 3.03. The largest absolute Gasteiger partial charge is 0.489 e. The van der Waals surface area contributed by atoms with E-state index in [1.165, 1.54) is 0 Å². The Morgan fingerprint density at radius 1 is 1.05 bits per heavy atom. The van der Waals surface area contributed by atoms with Gasteiger partial charge in [-0.1, -0.05) is 36.3 Å². The first-order valence-electron chi connectivity index (χ1n) is 7.07. The highest BCUT2D eigenvalue weighted by molar-refractivity contribution is 5.60. The zero-order chi connectivity index (χ0) is 15.2. The number of ether oxygens (including phenoxy) is 1. The Bertz CT molecular complexity index is 767. The molecule has 108 valence electrons. The van der Waals surface area contributed by atoms with E-state index in [1.54, 1.807) is 6.33 Å². The zero-order valence-electron chi connectivity index (χ0n) is 12.1. The summed E-state index contributed by atoms with van der Waals surface area (Å²) in [5.41, 5.74) is 3.23. The number of aromatic nitrogens is 2. The first-order chi connectivity index (χ1) is 10.9. The number of imidazole rings is 1. The minimum Gasteiger partial charge on any atom is -0.489 e. The summed E-state index contributed by atoms with van der Waals surface area (Å²) in [4.78, 5) is 4.15. The maximum atomic E-state index is 5.79. The summed E-state index contributed by atoms with van der Waals surface area (Å²) >= 11 is 0. The van der Waals surface area contributed by atoms with Crippen LogP contribution in [0.25, 0.3) is 11.3 Å². The molecule has 0 amide bonds. The van der Waals surface area contributed by atoms with Crippen molar-refractivity contribution in [2.75, 3.05) is 0 Å². The van der Waals surface area contributed by atoms with E-state index in [1.807, 2.05) is 65.4 Å². The summed E-state index contributed by atoms with van der Waals surface area (Å²) in [5.74, 6) is 3.47. The fourth-order valence-electron chi connectivity index (χ4n) is 2.25. The van der Waals surface area contributed by atoms with Crippen LogP contribution in [0.4, 0.5) is 0 Å². The van der Waals surface area contributed by atoms with Gasteiger partial charge in [-0.05, 0) is 29.8 Å². The normalized spacial score (nSPS) is 10.1. The van der Waals surface area contributed by atoms with Crippen molar-refractivity contribution >= 4 is 0 Å². The molecule has 0 atom stereocenters. The minimum absolute atomic E-state index is 0.515. The molecule has 3 rings (SSSR count). The second-order valence-corrected chi connectivity index (χ2v) is 4.91. The van der Waals surface area contributed by atoms with Gasteiger partial charge in [-0.25, -0.2) is 4.98 Å². The Labute approximate surface area is 130 Å². The van der Waals surface area contributed by atoms with Crippen LogP contribution >= 0.6 is 0 Å². The number of hydrogen-bond donors (Lipinski definition) is 0. The smallest absolute Gasteiger partial charge is 0.119 e. The third kappa shape index (κ3) is 3.18.